The number of aryl methyl sites for hydroxylation is 1. The Kier molecular flexibility index (Phi) is 5.19. The number of nitrogens with one attached hydrogen (secondary N) is 1. The van der Waals surface area contributed by atoms with Crippen molar-refractivity contribution < 1.29 is 24.2 Å². The zero-order valence-electron chi connectivity index (χ0n) is 17.2. The fraction of sp³-hybridized carbons (Fsp3) is 0.364. The largest absolute Gasteiger partial charge is 0.478 e. The van der Waals surface area contributed by atoms with Crippen molar-refractivity contribution >= 4 is 39.8 Å². The number of carboxylic acid groups (broad SMARTS) is 1. The number of hydrogen-bond acceptors (Lipinski definition) is 6. The molecule has 0 saturated heterocycles. The first-order valence-corrected chi connectivity index (χ1v) is 10.8. The molecule has 8 nitrogen and oxygen atoms in total. The number of carbonyl (C=O) groups is 3. The Morgan fingerprint density at radius 2 is 2.06 bits per heavy atom. The molecule has 2 aliphatic rings. The molecule has 2 heterocycles. The third-order valence-corrected chi connectivity index (χ3v) is 6.67. The zero-order valence-corrected chi connectivity index (χ0v) is 18.0. The van der Waals surface area contributed by atoms with Crippen LogP contribution in [0.3, 0.4) is 0 Å². The molecule has 31 heavy (non-hydrogen) atoms. The second kappa shape index (κ2) is 7.71. The van der Waals surface area contributed by atoms with Crippen molar-refractivity contribution in [2.24, 2.45) is 0 Å². The molecule has 2 aromatic rings. The molecule has 4 rings (SSSR count). The molecule has 0 spiro atoms. The number of carboxylic acids is 1. The predicted molar refractivity (Wildman–Crippen MR) is 115 cm³/mol. The standard InChI is InChI=1S/C22H21N3O5S/c1-22(2)21(29)25(15-9-12(20(27)28)7-8-16(15)30-22)11-18(26)24-19-14(10-23)13-5-3-4-6-17(13)31-19/h7-9H,3-6,11H2,1-2H3,(H,24,26)(H,27,28). The summed E-state index contributed by atoms with van der Waals surface area (Å²) >= 11 is 1.41. The second-order valence-electron chi connectivity index (χ2n) is 8.07. The van der Waals surface area contributed by atoms with Crippen LogP contribution in [0.25, 0.3) is 0 Å². The fourth-order valence-electron chi connectivity index (χ4n) is 3.94. The number of rotatable bonds is 4. The topological polar surface area (TPSA) is 120 Å². The van der Waals surface area contributed by atoms with E-state index in [0.717, 1.165) is 36.1 Å². The molecule has 0 bridgehead atoms. The molecular formula is C22H21N3O5S. The van der Waals surface area contributed by atoms with Gasteiger partial charge in [-0.25, -0.2) is 4.79 Å². The van der Waals surface area contributed by atoms with Crippen molar-refractivity contribution in [3.8, 4) is 11.8 Å². The summed E-state index contributed by atoms with van der Waals surface area (Å²) < 4.78 is 5.73. The first kappa shape index (κ1) is 20.9. The van der Waals surface area contributed by atoms with E-state index in [4.69, 9.17) is 4.74 Å². The molecule has 1 aromatic heterocycles. The van der Waals surface area contributed by atoms with Crippen molar-refractivity contribution in [3.05, 3.63) is 39.8 Å². The molecule has 2 amide bonds. The highest BCUT2D eigenvalue weighted by Crippen LogP contribution is 2.40. The van der Waals surface area contributed by atoms with Crippen molar-refractivity contribution in [2.45, 2.75) is 45.1 Å². The predicted octanol–water partition coefficient (Wildman–Crippen LogP) is 3.34. The van der Waals surface area contributed by atoms with Gasteiger partial charge in [-0.1, -0.05) is 0 Å². The summed E-state index contributed by atoms with van der Waals surface area (Å²) in [6.07, 6.45) is 3.80. The molecule has 1 aliphatic carbocycles. The SMILES string of the molecule is CC1(C)Oc2ccc(C(=O)O)cc2N(CC(=O)Nc2sc3c(c2C#N)CCCC3)C1=O. The van der Waals surface area contributed by atoms with Crippen LogP contribution in [-0.4, -0.2) is 35.0 Å². The lowest BCUT2D eigenvalue weighted by Gasteiger charge is -2.38. The van der Waals surface area contributed by atoms with Crippen LogP contribution in [0.15, 0.2) is 18.2 Å². The summed E-state index contributed by atoms with van der Waals surface area (Å²) in [7, 11) is 0. The molecule has 0 unspecified atom stereocenters. The molecule has 2 N–H and O–H groups in total. The summed E-state index contributed by atoms with van der Waals surface area (Å²) in [6.45, 7) is 2.86. The van der Waals surface area contributed by atoms with Gasteiger partial charge in [-0.05, 0) is 63.3 Å². The Hall–Kier alpha value is -3.38. The zero-order chi connectivity index (χ0) is 22.3. The minimum Gasteiger partial charge on any atom is -0.478 e. The molecule has 1 aromatic carbocycles. The molecule has 0 saturated carbocycles. The van der Waals surface area contributed by atoms with Crippen molar-refractivity contribution in [3.63, 3.8) is 0 Å². The Balaban J connectivity index is 1.63. The lowest BCUT2D eigenvalue weighted by atomic mass is 9.96. The smallest absolute Gasteiger partial charge is 0.335 e. The number of nitrogens with zero attached hydrogens (tertiary/aromatic N) is 2. The van der Waals surface area contributed by atoms with E-state index in [-0.39, 0.29) is 17.8 Å². The number of nitriles is 1. The molecule has 0 atom stereocenters. The Morgan fingerprint density at radius 1 is 1.32 bits per heavy atom. The van der Waals surface area contributed by atoms with E-state index in [1.807, 2.05) is 0 Å². The van der Waals surface area contributed by atoms with Gasteiger partial charge in [-0.15, -0.1) is 11.3 Å². The molecule has 160 valence electrons. The molecule has 1 aliphatic heterocycles. The number of benzene rings is 1. The first-order chi connectivity index (χ1) is 14.7. The lowest BCUT2D eigenvalue weighted by Crippen LogP contribution is -2.54. The molecule has 0 fully saturated rings. The highest BCUT2D eigenvalue weighted by atomic mass is 32.1. The monoisotopic (exact) mass is 439 g/mol. The number of hydrogen-bond donors (Lipinski definition) is 2. The van der Waals surface area contributed by atoms with Gasteiger partial charge in [-0.3, -0.25) is 14.5 Å². The van der Waals surface area contributed by atoms with Gasteiger partial charge < -0.3 is 15.2 Å². The molecule has 0 radical (unpaired) electrons. The van der Waals surface area contributed by atoms with E-state index in [1.54, 1.807) is 13.8 Å². The van der Waals surface area contributed by atoms with Crippen LogP contribution >= 0.6 is 11.3 Å². The van der Waals surface area contributed by atoms with Crippen LogP contribution in [0, 0.1) is 11.3 Å². The average molecular weight is 439 g/mol. The maximum absolute atomic E-state index is 13.0. The van der Waals surface area contributed by atoms with Gasteiger partial charge in [0.15, 0.2) is 5.60 Å². The Morgan fingerprint density at radius 3 is 2.77 bits per heavy atom. The minimum absolute atomic E-state index is 0.0158. The van der Waals surface area contributed by atoms with Crippen molar-refractivity contribution in [2.75, 3.05) is 16.8 Å². The normalized spacial score (nSPS) is 16.5. The van der Waals surface area contributed by atoms with Crippen LogP contribution in [0.5, 0.6) is 5.75 Å². The lowest BCUT2D eigenvalue weighted by molar-refractivity contribution is -0.133. The summed E-state index contributed by atoms with van der Waals surface area (Å²) in [5.74, 6) is -1.74. The summed E-state index contributed by atoms with van der Waals surface area (Å²) in [4.78, 5) is 39.6. The minimum atomic E-state index is -1.21. The fourth-order valence-corrected chi connectivity index (χ4v) is 5.20. The number of carbonyl (C=O) groups excluding carboxylic acids is 2. The maximum atomic E-state index is 13.0. The van der Waals surface area contributed by atoms with Gasteiger partial charge in [0, 0.05) is 4.88 Å². The van der Waals surface area contributed by atoms with Gasteiger partial charge in [0.05, 0.1) is 16.8 Å². The number of ether oxygens (including phenoxy) is 1. The Bertz CT molecular complexity index is 1140. The van der Waals surface area contributed by atoms with Crippen molar-refractivity contribution in [1.82, 2.24) is 0 Å². The summed E-state index contributed by atoms with van der Waals surface area (Å²) in [5.41, 5.74) is 0.505. The third-order valence-electron chi connectivity index (χ3n) is 5.46. The number of anilines is 2. The van der Waals surface area contributed by atoms with Gasteiger partial charge >= 0.3 is 5.97 Å². The number of amides is 2. The van der Waals surface area contributed by atoms with Gasteiger partial charge in [0.25, 0.3) is 5.91 Å². The van der Waals surface area contributed by atoms with Crippen LogP contribution < -0.4 is 15.0 Å². The number of aromatic carboxylic acids is 1. The third kappa shape index (κ3) is 3.75. The highest BCUT2D eigenvalue weighted by Gasteiger charge is 2.42. The van der Waals surface area contributed by atoms with E-state index in [2.05, 4.69) is 11.4 Å². The van der Waals surface area contributed by atoms with E-state index in [1.165, 1.54) is 34.4 Å². The first-order valence-electron chi connectivity index (χ1n) is 9.94. The van der Waals surface area contributed by atoms with E-state index >= 15 is 0 Å². The van der Waals surface area contributed by atoms with Crippen LogP contribution in [-0.2, 0) is 22.4 Å². The van der Waals surface area contributed by atoms with Gasteiger partial charge in [0.2, 0.25) is 5.91 Å². The number of thiophene rings is 1. The van der Waals surface area contributed by atoms with E-state index < -0.39 is 23.4 Å². The van der Waals surface area contributed by atoms with E-state index in [0.29, 0.717) is 16.3 Å². The molecular weight excluding hydrogens is 418 g/mol. The Labute approximate surface area is 183 Å². The average Bonchev–Trinajstić information content (AvgIpc) is 3.07. The molecule has 9 heteroatoms. The van der Waals surface area contributed by atoms with E-state index in [9.17, 15) is 24.8 Å². The van der Waals surface area contributed by atoms with Gasteiger partial charge in [-0.2, -0.15) is 5.26 Å². The summed E-state index contributed by atoms with van der Waals surface area (Å²) in [6, 6.07) is 6.40. The second-order valence-corrected chi connectivity index (χ2v) is 9.17. The van der Waals surface area contributed by atoms with Crippen LogP contribution in [0.4, 0.5) is 10.7 Å². The van der Waals surface area contributed by atoms with Gasteiger partial charge in [0.1, 0.15) is 23.4 Å². The number of fused-ring (bicyclic) bond motifs is 2. The quantitative estimate of drug-likeness (QED) is 0.754. The van der Waals surface area contributed by atoms with Crippen molar-refractivity contribution in [1.29, 1.82) is 5.26 Å². The summed E-state index contributed by atoms with van der Waals surface area (Å²) in [5, 5.41) is 22.2. The maximum Gasteiger partial charge on any atom is 0.335 e. The van der Waals surface area contributed by atoms with Crippen LogP contribution in [0.2, 0.25) is 0 Å². The van der Waals surface area contributed by atoms with Crippen LogP contribution in [0.1, 0.15) is 53.1 Å². The highest BCUT2D eigenvalue weighted by molar-refractivity contribution is 7.16.